The number of hydrogen-bond acceptors (Lipinski definition) is 1. The molecule has 0 heterocycles. The fraction of sp³-hybridized carbons (Fsp3) is 1.00. The predicted octanol–water partition coefficient (Wildman–Crippen LogP) is 2.81. The van der Waals surface area contributed by atoms with E-state index < -0.39 is 7.75 Å². The van der Waals surface area contributed by atoms with E-state index in [0.717, 1.165) is 12.8 Å². The maximum absolute atomic E-state index is 10.4. The molecule has 92 valence electrons. The van der Waals surface area contributed by atoms with Gasteiger partial charge in [-0.05, 0) is 6.42 Å². The van der Waals surface area contributed by atoms with E-state index in [1.807, 2.05) is 0 Å². The lowest BCUT2D eigenvalue weighted by atomic mass is 10.1. The number of hydrogen-bond donors (Lipinski definition) is 3. The molecule has 0 amide bonds. The number of unbranched alkanes of at least 4 members (excludes halogenated alkanes) is 7. The zero-order valence-electron chi connectivity index (χ0n) is 9.61. The summed E-state index contributed by atoms with van der Waals surface area (Å²) < 4.78 is 10.4. The smallest absolute Gasteiger partial charge is 0.313 e. The monoisotopic (exact) mass is 237 g/mol. The molecule has 4 nitrogen and oxygen atoms in total. The minimum atomic E-state index is -3.99. The Balaban J connectivity index is 3.02. The van der Waals surface area contributed by atoms with Crippen LogP contribution in [0.15, 0.2) is 0 Å². The van der Waals surface area contributed by atoms with E-state index in [0.29, 0.717) is 6.54 Å². The first-order chi connectivity index (χ1) is 7.06. The summed E-state index contributed by atoms with van der Waals surface area (Å²) in [6.45, 7) is 2.62. The van der Waals surface area contributed by atoms with E-state index in [-0.39, 0.29) is 0 Å². The van der Waals surface area contributed by atoms with Gasteiger partial charge in [0.1, 0.15) is 0 Å². The lowest BCUT2D eigenvalue weighted by Gasteiger charge is -2.05. The summed E-state index contributed by atoms with van der Waals surface area (Å²) in [7, 11) is -3.99. The van der Waals surface area contributed by atoms with Gasteiger partial charge in [0.25, 0.3) is 0 Å². The molecule has 0 atom stereocenters. The van der Waals surface area contributed by atoms with Crippen LogP contribution >= 0.6 is 7.75 Å². The van der Waals surface area contributed by atoms with Gasteiger partial charge in [-0.1, -0.05) is 51.9 Å². The van der Waals surface area contributed by atoms with Crippen LogP contribution in [0.25, 0.3) is 0 Å². The third-order valence-electron chi connectivity index (χ3n) is 2.35. The predicted molar refractivity (Wildman–Crippen MR) is 62.7 cm³/mol. The van der Waals surface area contributed by atoms with Crippen molar-refractivity contribution in [3.05, 3.63) is 0 Å². The van der Waals surface area contributed by atoms with Crippen LogP contribution in [-0.2, 0) is 4.57 Å². The first-order valence-corrected chi connectivity index (χ1v) is 7.48. The second-order valence-electron chi connectivity index (χ2n) is 3.93. The van der Waals surface area contributed by atoms with Gasteiger partial charge in [-0.15, -0.1) is 0 Å². The zero-order valence-corrected chi connectivity index (χ0v) is 10.5. The van der Waals surface area contributed by atoms with E-state index in [9.17, 15) is 4.57 Å². The average molecular weight is 237 g/mol. The maximum Gasteiger partial charge on any atom is 0.400 e. The third-order valence-corrected chi connectivity index (χ3v) is 2.98. The summed E-state index contributed by atoms with van der Waals surface area (Å²) in [5.41, 5.74) is 0. The molecule has 0 rings (SSSR count). The summed E-state index contributed by atoms with van der Waals surface area (Å²) in [6, 6.07) is 0. The van der Waals surface area contributed by atoms with Crippen molar-refractivity contribution >= 4 is 7.75 Å². The second-order valence-corrected chi connectivity index (χ2v) is 5.33. The molecule has 0 aliphatic carbocycles. The minimum absolute atomic E-state index is 0.416. The van der Waals surface area contributed by atoms with Gasteiger partial charge in [-0.3, -0.25) is 0 Å². The second kappa shape index (κ2) is 9.34. The van der Waals surface area contributed by atoms with Gasteiger partial charge in [0.05, 0.1) is 0 Å². The van der Waals surface area contributed by atoms with Crippen LogP contribution in [0.1, 0.15) is 58.3 Å². The van der Waals surface area contributed by atoms with Crippen molar-refractivity contribution in [2.45, 2.75) is 58.3 Å². The topological polar surface area (TPSA) is 69.6 Å². The Hall–Kier alpha value is 0.110. The third kappa shape index (κ3) is 14.1. The van der Waals surface area contributed by atoms with Crippen molar-refractivity contribution in [2.75, 3.05) is 6.54 Å². The Morgan fingerprint density at radius 2 is 1.40 bits per heavy atom. The van der Waals surface area contributed by atoms with Gasteiger partial charge in [-0.25, -0.2) is 9.65 Å². The molecule has 0 bridgehead atoms. The van der Waals surface area contributed by atoms with E-state index in [4.69, 9.17) is 9.79 Å². The highest BCUT2D eigenvalue weighted by molar-refractivity contribution is 7.49. The zero-order chi connectivity index (χ0) is 11.6. The molecule has 0 aromatic rings. The minimum Gasteiger partial charge on any atom is -0.313 e. The summed E-state index contributed by atoms with van der Waals surface area (Å²) in [5, 5.41) is 2.20. The van der Waals surface area contributed by atoms with Crippen LogP contribution in [0.2, 0.25) is 0 Å². The Kier molecular flexibility index (Phi) is 9.41. The van der Waals surface area contributed by atoms with Crippen LogP contribution < -0.4 is 5.09 Å². The van der Waals surface area contributed by atoms with Crippen LogP contribution in [0, 0.1) is 0 Å². The quantitative estimate of drug-likeness (QED) is 0.403. The largest absolute Gasteiger partial charge is 0.400 e. The van der Waals surface area contributed by atoms with Crippen molar-refractivity contribution in [3.63, 3.8) is 0 Å². The molecule has 0 unspecified atom stereocenters. The number of nitrogens with one attached hydrogen (secondary N) is 1. The van der Waals surface area contributed by atoms with Crippen molar-refractivity contribution in [1.29, 1.82) is 0 Å². The average Bonchev–Trinajstić information content (AvgIpc) is 2.14. The van der Waals surface area contributed by atoms with E-state index >= 15 is 0 Å². The fourth-order valence-corrected chi connectivity index (χ4v) is 1.93. The van der Waals surface area contributed by atoms with Crippen molar-refractivity contribution in [2.24, 2.45) is 0 Å². The van der Waals surface area contributed by atoms with Gasteiger partial charge in [0.15, 0.2) is 0 Å². The molecule has 3 N–H and O–H groups in total. The van der Waals surface area contributed by atoms with Crippen LogP contribution in [-0.4, -0.2) is 16.3 Å². The molecular weight excluding hydrogens is 213 g/mol. The fourth-order valence-electron chi connectivity index (χ4n) is 1.48. The highest BCUT2D eigenvalue weighted by Crippen LogP contribution is 2.27. The summed E-state index contributed by atoms with van der Waals surface area (Å²) in [4.78, 5) is 17.0. The van der Waals surface area contributed by atoms with Crippen LogP contribution in [0.3, 0.4) is 0 Å². The molecule has 0 saturated carbocycles. The van der Waals surface area contributed by atoms with Crippen LogP contribution in [0.5, 0.6) is 0 Å². The Labute approximate surface area is 92.7 Å². The Bertz CT molecular complexity index is 182. The van der Waals surface area contributed by atoms with E-state index in [1.165, 1.54) is 38.5 Å². The molecule has 0 saturated heterocycles. The summed E-state index contributed by atoms with van der Waals surface area (Å²) in [5.74, 6) is 0. The van der Waals surface area contributed by atoms with Gasteiger partial charge in [0, 0.05) is 6.54 Å². The molecule has 0 aromatic heterocycles. The Morgan fingerprint density at radius 3 is 1.87 bits per heavy atom. The van der Waals surface area contributed by atoms with Crippen molar-refractivity contribution in [1.82, 2.24) is 5.09 Å². The van der Waals surface area contributed by atoms with E-state index in [1.54, 1.807) is 0 Å². The molecule has 0 spiro atoms. The standard InChI is InChI=1S/C10H24NO3P/c1-2-3-4-5-6-7-8-9-10-11-15(12,13)14/h2-10H2,1H3,(H3,11,12,13,14). The molecule has 0 radical (unpaired) electrons. The summed E-state index contributed by atoms with van der Waals surface area (Å²) in [6.07, 6.45) is 9.52. The van der Waals surface area contributed by atoms with Gasteiger partial charge in [-0.2, -0.15) is 0 Å². The number of rotatable bonds is 10. The van der Waals surface area contributed by atoms with Gasteiger partial charge < -0.3 is 9.79 Å². The lowest BCUT2D eigenvalue weighted by molar-refractivity contribution is 0.356. The first kappa shape index (κ1) is 15.1. The van der Waals surface area contributed by atoms with Crippen molar-refractivity contribution in [3.8, 4) is 0 Å². The molecule has 0 aromatic carbocycles. The molecule has 15 heavy (non-hydrogen) atoms. The molecule has 0 aliphatic rings. The Morgan fingerprint density at radius 1 is 0.933 bits per heavy atom. The van der Waals surface area contributed by atoms with Crippen LogP contribution in [0.4, 0.5) is 0 Å². The lowest BCUT2D eigenvalue weighted by Crippen LogP contribution is -2.10. The molecule has 0 aliphatic heterocycles. The van der Waals surface area contributed by atoms with E-state index in [2.05, 4.69) is 12.0 Å². The first-order valence-electron chi connectivity index (χ1n) is 5.87. The van der Waals surface area contributed by atoms with Gasteiger partial charge >= 0.3 is 7.75 Å². The highest BCUT2D eigenvalue weighted by Gasteiger charge is 2.09. The normalized spacial score (nSPS) is 11.9. The summed E-state index contributed by atoms with van der Waals surface area (Å²) >= 11 is 0. The molecule has 5 heteroatoms. The highest BCUT2D eigenvalue weighted by atomic mass is 31.2. The molecule has 0 fully saturated rings. The molecular formula is C10H24NO3P. The van der Waals surface area contributed by atoms with Crippen molar-refractivity contribution < 1.29 is 14.4 Å². The maximum atomic E-state index is 10.4. The van der Waals surface area contributed by atoms with Gasteiger partial charge in [0.2, 0.25) is 0 Å². The SMILES string of the molecule is CCCCCCCCCCNP(=O)(O)O.